The number of carbonyl (C=O) groups excluding carboxylic acids is 1. The first-order chi connectivity index (χ1) is 9.41. The van der Waals surface area contributed by atoms with Crippen LogP contribution in [-0.2, 0) is 22.6 Å². The van der Waals surface area contributed by atoms with E-state index in [2.05, 4.69) is 0 Å². The van der Waals surface area contributed by atoms with Gasteiger partial charge in [-0.2, -0.15) is 0 Å². The average Bonchev–Trinajstić information content (AvgIpc) is 2.44. The molecule has 0 aliphatic carbocycles. The van der Waals surface area contributed by atoms with E-state index < -0.39 is 12.0 Å². The molecule has 1 aromatic carbocycles. The van der Waals surface area contributed by atoms with Crippen LogP contribution in [-0.4, -0.2) is 27.9 Å². The highest BCUT2D eigenvalue weighted by Crippen LogP contribution is 2.26. The third-order valence-electron chi connectivity index (χ3n) is 4.21. The molecule has 1 N–H and O–H groups in total. The standard InChI is InChI=1S/C16H21NO3/c1-10(2)11(3)15(18)17-9-13-7-5-4-6-12(13)8-14(17)16(19)20/h4-7,10-11,14H,8-9H2,1-3H3,(H,19,20)/t11?,14-/m0/s1. The average molecular weight is 275 g/mol. The molecule has 1 aliphatic heterocycles. The topological polar surface area (TPSA) is 57.6 Å². The molecule has 1 aliphatic rings. The number of nitrogens with zero attached hydrogens (tertiary/aromatic N) is 1. The number of carboxylic acid groups (broad SMARTS) is 1. The Labute approximate surface area is 119 Å². The van der Waals surface area contributed by atoms with Gasteiger partial charge in [-0.05, 0) is 17.0 Å². The second-order valence-corrected chi connectivity index (χ2v) is 5.83. The van der Waals surface area contributed by atoms with Crippen molar-refractivity contribution in [2.45, 2.75) is 39.8 Å². The van der Waals surface area contributed by atoms with Crippen molar-refractivity contribution in [3.8, 4) is 0 Å². The Balaban J connectivity index is 2.31. The van der Waals surface area contributed by atoms with Gasteiger partial charge in [-0.15, -0.1) is 0 Å². The SMILES string of the molecule is CC(C)C(C)C(=O)N1Cc2ccccc2C[C@H]1C(=O)O. The van der Waals surface area contributed by atoms with Gasteiger partial charge >= 0.3 is 5.97 Å². The molecule has 0 aromatic heterocycles. The zero-order valence-corrected chi connectivity index (χ0v) is 12.2. The first kappa shape index (κ1) is 14.6. The van der Waals surface area contributed by atoms with Gasteiger partial charge in [0.15, 0.2) is 0 Å². The molecule has 2 atom stereocenters. The van der Waals surface area contributed by atoms with Gasteiger partial charge in [0.25, 0.3) is 0 Å². The first-order valence-electron chi connectivity index (χ1n) is 7.02. The van der Waals surface area contributed by atoms with Crippen LogP contribution in [0.25, 0.3) is 0 Å². The van der Waals surface area contributed by atoms with Crippen LogP contribution in [0.15, 0.2) is 24.3 Å². The number of carbonyl (C=O) groups is 2. The van der Waals surface area contributed by atoms with E-state index in [0.717, 1.165) is 11.1 Å². The molecule has 0 saturated carbocycles. The molecule has 1 aromatic rings. The van der Waals surface area contributed by atoms with Crippen molar-refractivity contribution < 1.29 is 14.7 Å². The van der Waals surface area contributed by atoms with Crippen molar-refractivity contribution in [3.05, 3.63) is 35.4 Å². The lowest BCUT2D eigenvalue weighted by Crippen LogP contribution is -2.50. The highest BCUT2D eigenvalue weighted by atomic mass is 16.4. The summed E-state index contributed by atoms with van der Waals surface area (Å²) in [7, 11) is 0. The van der Waals surface area contributed by atoms with Crippen LogP contribution < -0.4 is 0 Å². The Morgan fingerprint density at radius 2 is 1.80 bits per heavy atom. The van der Waals surface area contributed by atoms with Crippen molar-refractivity contribution >= 4 is 11.9 Å². The van der Waals surface area contributed by atoms with Crippen LogP contribution in [0.1, 0.15) is 31.9 Å². The monoisotopic (exact) mass is 275 g/mol. The van der Waals surface area contributed by atoms with Gasteiger partial charge in [0.1, 0.15) is 6.04 Å². The Bertz CT molecular complexity index is 524. The number of fused-ring (bicyclic) bond motifs is 1. The van der Waals surface area contributed by atoms with Crippen LogP contribution in [0.5, 0.6) is 0 Å². The van der Waals surface area contributed by atoms with Crippen LogP contribution in [0.3, 0.4) is 0 Å². The Morgan fingerprint density at radius 1 is 1.20 bits per heavy atom. The van der Waals surface area contributed by atoms with E-state index in [-0.39, 0.29) is 17.7 Å². The molecule has 1 unspecified atom stereocenters. The zero-order chi connectivity index (χ0) is 14.9. The van der Waals surface area contributed by atoms with Gasteiger partial charge in [-0.3, -0.25) is 4.79 Å². The third-order valence-corrected chi connectivity index (χ3v) is 4.21. The molecule has 108 valence electrons. The van der Waals surface area contributed by atoms with Crippen molar-refractivity contribution in [2.24, 2.45) is 11.8 Å². The van der Waals surface area contributed by atoms with Crippen molar-refractivity contribution in [3.63, 3.8) is 0 Å². The second-order valence-electron chi connectivity index (χ2n) is 5.83. The number of aliphatic carboxylic acids is 1. The van der Waals surface area contributed by atoms with Gasteiger partial charge in [0, 0.05) is 18.9 Å². The van der Waals surface area contributed by atoms with E-state index in [9.17, 15) is 14.7 Å². The molecule has 4 nitrogen and oxygen atoms in total. The fourth-order valence-corrected chi connectivity index (χ4v) is 2.52. The summed E-state index contributed by atoms with van der Waals surface area (Å²) in [6.07, 6.45) is 0.391. The summed E-state index contributed by atoms with van der Waals surface area (Å²) in [5.74, 6) is -0.957. The summed E-state index contributed by atoms with van der Waals surface area (Å²) >= 11 is 0. The van der Waals surface area contributed by atoms with E-state index in [4.69, 9.17) is 0 Å². The molecule has 0 bridgehead atoms. The summed E-state index contributed by atoms with van der Waals surface area (Å²) in [5.41, 5.74) is 2.08. The number of amides is 1. The molecule has 0 spiro atoms. The summed E-state index contributed by atoms with van der Waals surface area (Å²) in [4.78, 5) is 25.5. The maximum Gasteiger partial charge on any atom is 0.326 e. The zero-order valence-electron chi connectivity index (χ0n) is 12.2. The van der Waals surface area contributed by atoms with Gasteiger partial charge in [0.2, 0.25) is 5.91 Å². The molecular weight excluding hydrogens is 254 g/mol. The lowest BCUT2D eigenvalue weighted by molar-refractivity contribution is -0.153. The smallest absolute Gasteiger partial charge is 0.326 e. The largest absolute Gasteiger partial charge is 0.480 e. The van der Waals surface area contributed by atoms with Crippen LogP contribution in [0.4, 0.5) is 0 Å². The molecule has 2 rings (SSSR count). The summed E-state index contributed by atoms with van der Waals surface area (Å²) < 4.78 is 0. The number of hydrogen-bond donors (Lipinski definition) is 1. The summed E-state index contributed by atoms with van der Waals surface area (Å²) in [6, 6.07) is 6.99. The number of benzene rings is 1. The number of hydrogen-bond acceptors (Lipinski definition) is 2. The predicted octanol–water partition coefficient (Wildman–Crippen LogP) is 2.32. The first-order valence-corrected chi connectivity index (χ1v) is 7.02. The van der Waals surface area contributed by atoms with Crippen molar-refractivity contribution in [1.82, 2.24) is 4.90 Å². The molecule has 0 fully saturated rings. The van der Waals surface area contributed by atoms with Gasteiger partial charge in [0.05, 0.1) is 0 Å². The maximum absolute atomic E-state index is 12.5. The predicted molar refractivity (Wildman–Crippen MR) is 76.1 cm³/mol. The summed E-state index contributed by atoms with van der Waals surface area (Å²) in [5, 5.41) is 9.41. The molecule has 0 saturated heterocycles. The summed E-state index contributed by atoms with van der Waals surface area (Å²) in [6.45, 7) is 6.22. The minimum Gasteiger partial charge on any atom is -0.480 e. The number of carboxylic acids is 1. The highest BCUT2D eigenvalue weighted by molar-refractivity contribution is 5.85. The van der Waals surface area contributed by atoms with Gasteiger partial charge in [-0.25, -0.2) is 4.79 Å². The van der Waals surface area contributed by atoms with Crippen molar-refractivity contribution in [1.29, 1.82) is 0 Å². The highest BCUT2D eigenvalue weighted by Gasteiger charge is 2.36. The Morgan fingerprint density at radius 3 is 2.35 bits per heavy atom. The molecule has 4 heteroatoms. The van der Waals surface area contributed by atoms with E-state index in [1.165, 1.54) is 4.90 Å². The van der Waals surface area contributed by atoms with Gasteiger partial charge in [-0.1, -0.05) is 45.0 Å². The van der Waals surface area contributed by atoms with Crippen molar-refractivity contribution in [2.75, 3.05) is 0 Å². The fraction of sp³-hybridized carbons (Fsp3) is 0.500. The van der Waals surface area contributed by atoms with Gasteiger partial charge < -0.3 is 10.0 Å². The maximum atomic E-state index is 12.5. The number of rotatable bonds is 3. The van der Waals surface area contributed by atoms with Crippen LogP contribution in [0, 0.1) is 11.8 Å². The quantitative estimate of drug-likeness (QED) is 0.921. The van der Waals surface area contributed by atoms with E-state index in [1.807, 2.05) is 45.0 Å². The lowest BCUT2D eigenvalue weighted by atomic mass is 9.90. The third kappa shape index (κ3) is 2.69. The molecule has 0 radical (unpaired) electrons. The Hall–Kier alpha value is -1.84. The molecule has 20 heavy (non-hydrogen) atoms. The van der Waals surface area contributed by atoms with E-state index in [1.54, 1.807) is 0 Å². The molecule has 1 heterocycles. The minimum atomic E-state index is -0.927. The van der Waals surface area contributed by atoms with E-state index in [0.29, 0.717) is 13.0 Å². The second kappa shape index (κ2) is 5.65. The van der Waals surface area contributed by atoms with E-state index >= 15 is 0 Å². The molecule has 1 amide bonds. The van der Waals surface area contributed by atoms with Crippen LogP contribution >= 0.6 is 0 Å². The lowest BCUT2D eigenvalue weighted by Gasteiger charge is -2.36. The van der Waals surface area contributed by atoms with Crippen LogP contribution in [0.2, 0.25) is 0 Å². The minimum absolute atomic E-state index is 0.0677. The fourth-order valence-electron chi connectivity index (χ4n) is 2.52. The normalized spacial score (nSPS) is 19.6. The molecular formula is C16H21NO3. The Kier molecular flexibility index (Phi) is 4.12.